The Morgan fingerprint density at radius 2 is 1.83 bits per heavy atom. The average molecular weight is 491 g/mol. The van der Waals surface area contributed by atoms with Crippen molar-refractivity contribution in [3.63, 3.8) is 0 Å². The molecule has 4 rings (SSSR count). The van der Waals surface area contributed by atoms with Gasteiger partial charge in [0.25, 0.3) is 5.91 Å². The molecule has 8 heteroatoms. The van der Waals surface area contributed by atoms with Gasteiger partial charge in [-0.05, 0) is 61.6 Å². The quantitative estimate of drug-likeness (QED) is 0.521. The van der Waals surface area contributed by atoms with Crippen LogP contribution in [0.1, 0.15) is 54.9 Å². The van der Waals surface area contributed by atoms with E-state index in [0.29, 0.717) is 53.3 Å². The zero-order valence-electron chi connectivity index (χ0n) is 20.7. The van der Waals surface area contributed by atoms with Gasteiger partial charge in [0, 0.05) is 61.5 Å². The van der Waals surface area contributed by atoms with Gasteiger partial charge in [0.2, 0.25) is 5.91 Å². The Kier molecular flexibility index (Phi) is 8.05. The maximum Gasteiger partial charge on any atom is 0.253 e. The molecule has 2 aliphatic rings. The van der Waals surface area contributed by atoms with Crippen molar-refractivity contribution in [2.24, 2.45) is 10.7 Å². The molecule has 2 aromatic carbocycles. The van der Waals surface area contributed by atoms with Gasteiger partial charge in [-0.1, -0.05) is 19.1 Å². The molecule has 36 heavy (non-hydrogen) atoms. The number of amidine groups is 1. The van der Waals surface area contributed by atoms with E-state index in [0.717, 1.165) is 37.9 Å². The summed E-state index contributed by atoms with van der Waals surface area (Å²) in [6, 6.07) is 10.6. The monoisotopic (exact) mass is 490 g/mol. The SMILES string of the molecule is CCCN(CCCO)C(=O)C1=Cc2cc(O)c(-c3ccc(C(=O)N4CCCC4)cc3)cc2N=C(N)C1. The molecule has 0 bridgehead atoms. The topological polar surface area (TPSA) is 119 Å². The lowest BCUT2D eigenvalue weighted by atomic mass is 9.98. The standard InChI is InChI=1S/C28H34N4O4/c1-2-10-31(13-5-14-33)28(36)22-15-21-16-25(34)23(18-24(21)30-26(29)17-22)19-6-8-20(9-7-19)27(35)32-11-3-4-12-32/h6-9,15-16,18,33-34H,2-5,10-14,17H2,1H3,(H2,29,30). The van der Waals surface area contributed by atoms with Crippen LogP contribution >= 0.6 is 0 Å². The van der Waals surface area contributed by atoms with E-state index in [1.54, 1.807) is 35.2 Å². The number of hydrogen-bond donors (Lipinski definition) is 3. The summed E-state index contributed by atoms with van der Waals surface area (Å²) in [5.74, 6) is 0.256. The van der Waals surface area contributed by atoms with E-state index in [-0.39, 0.29) is 30.6 Å². The van der Waals surface area contributed by atoms with Crippen molar-refractivity contribution in [2.75, 3.05) is 32.8 Å². The molecule has 2 aromatic rings. The van der Waals surface area contributed by atoms with Crippen LogP contribution in [0.4, 0.5) is 5.69 Å². The zero-order chi connectivity index (χ0) is 25.7. The van der Waals surface area contributed by atoms with Gasteiger partial charge in [0.1, 0.15) is 11.6 Å². The number of phenolic OH excluding ortho intramolecular Hbond substituents is 1. The molecule has 0 aliphatic carbocycles. The van der Waals surface area contributed by atoms with Gasteiger partial charge >= 0.3 is 0 Å². The third-order valence-electron chi connectivity index (χ3n) is 6.59. The van der Waals surface area contributed by atoms with Crippen molar-refractivity contribution in [1.82, 2.24) is 9.80 Å². The van der Waals surface area contributed by atoms with Crippen LogP contribution < -0.4 is 5.73 Å². The van der Waals surface area contributed by atoms with Crippen LogP contribution in [0.15, 0.2) is 47.0 Å². The molecule has 4 N–H and O–H groups in total. The average Bonchev–Trinajstić information content (AvgIpc) is 3.36. The van der Waals surface area contributed by atoms with E-state index in [2.05, 4.69) is 4.99 Å². The van der Waals surface area contributed by atoms with Gasteiger partial charge in [-0.3, -0.25) is 9.59 Å². The van der Waals surface area contributed by atoms with Gasteiger partial charge in [-0.2, -0.15) is 0 Å². The number of phenols is 1. The summed E-state index contributed by atoms with van der Waals surface area (Å²) in [7, 11) is 0. The number of carbonyl (C=O) groups excluding carboxylic acids is 2. The summed E-state index contributed by atoms with van der Waals surface area (Å²) < 4.78 is 0. The van der Waals surface area contributed by atoms with Gasteiger partial charge < -0.3 is 25.7 Å². The van der Waals surface area contributed by atoms with Crippen LogP contribution in [0, 0.1) is 0 Å². The number of fused-ring (bicyclic) bond motifs is 1. The second-order valence-corrected chi connectivity index (χ2v) is 9.32. The third kappa shape index (κ3) is 5.60. The molecule has 0 radical (unpaired) electrons. The number of aliphatic hydroxyl groups is 1. The Balaban J connectivity index is 1.62. The predicted octanol–water partition coefficient (Wildman–Crippen LogP) is 3.69. The first-order valence-corrected chi connectivity index (χ1v) is 12.6. The van der Waals surface area contributed by atoms with Crippen molar-refractivity contribution >= 4 is 29.4 Å². The number of benzene rings is 2. The molecule has 2 heterocycles. The lowest BCUT2D eigenvalue weighted by molar-refractivity contribution is -0.127. The van der Waals surface area contributed by atoms with E-state index < -0.39 is 0 Å². The molecule has 0 spiro atoms. The Morgan fingerprint density at radius 1 is 1.11 bits per heavy atom. The first-order chi connectivity index (χ1) is 17.4. The second kappa shape index (κ2) is 11.4. The number of amides is 2. The fraction of sp³-hybridized carbons (Fsp3) is 0.393. The maximum absolute atomic E-state index is 13.2. The van der Waals surface area contributed by atoms with Crippen LogP contribution in [0.3, 0.4) is 0 Å². The molecule has 8 nitrogen and oxygen atoms in total. The van der Waals surface area contributed by atoms with Crippen molar-refractivity contribution in [2.45, 2.75) is 39.0 Å². The van der Waals surface area contributed by atoms with Crippen molar-refractivity contribution in [1.29, 1.82) is 0 Å². The summed E-state index contributed by atoms with van der Waals surface area (Å²) in [6.07, 6.45) is 5.33. The van der Waals surface area contributed by atoms with Crippen LogP contribution in [0.25, 0.3) is 17.2 Å². The Morgan fingerprint density at radius 3 is 2.50 bits per heavy atom. The Hall–Kier alpha value is -3.65. The third-order valence-corrected chi connectivity index (χ3v) is 6.59. The maximum atomic E-state index is 13.2. The highest BCUT2D eigenvalue weighted by Gasteiger charge is 2.23. The molecule has 190 valence electrons. The summed E-state index contributed by atoms with van der Waals surface area (Å²) in [5, 5.41) is 20.1. The molecule has 0 aromatic heterocycles. The highest BCUT2D eigenvalue weighted by atomic mass is 16.3. The second-order valence-electron chi connectivity index (χ2n) is 9.32. The van der Waals surface area contributed by atoms with Crippen molar-refractivity contribution in [3.8, 4) is 16.9 Å². The van der Waals surface area contributed by atoms with E-state index in [9.17, 15) is 19.8 Å². The minimum atomic E-state index is -0.141. The molecule has 2 amide bonds. The van der Waals surface area contributed by atoms with E-state index in [1.165, 1.54) is 0 Å². The van der Waals surface area contributed by atoms with Crippen molar-refractivity contribution < 1.29 is 19.8 Å². The Bertz CT molecular complexity index is 1180. The molecule has 0 unspecified atom stereocenters. The Labute approximate surface area is 211 Å². The number of aromatic hydroxyl groups is 1. The molecule has 0 saturated carbocycles. The highest BCUT2D eigenvalue weighted by Crippen LogP contribution is 2.38. The summed E-state index contributed by atoms with van der Waals surface area (Å²) in [6.45, 7) is 4.65. The van der Waals surface area contributed by atoms with Crippen LogP contribution in [0.2, 0.25) is 0 Å². The molecule has 2 aliphatic heterocycles. The molecule has 1 fully saturated rings. The van der Waals surface area contributed by atoms with Gasteiger partial charge in [0.15, 0.2) is 0 Å². The fourth-order valence-electron chi connectivity index (χ4n) is 4.75. The van der Waals surface area contributed by atoms with E-state index >= 15 is 0 Å². The highest BCUT2D eigenvalue weighted by molar-refractivity contribution is 6.06. The summed E-state index contributed by atoms with van der Waals surface area (Å²) >= 11 is 0. The lowest BCUT2D eigenvalue weighted by Crippen LogP contribution is -2.35. The van der Waals surface area contributed by atoms with Crippen molar-refractivity contribution in [3.05, 3.63) is 53.1 Å². The number of rotatable bonds is 8. The van der Waals surface area contributed by atoms with Crippen LogP contribution in [-0.4, -0.2) is 70.4 Å². The molecule has 1 saturated heterocycles. The molecular formula is C28H34N4O4. The van der Waals surface area contributed by atoms with Crippen LogP contribution in [0.5, 0.6) is 5.75 Å². The predicted molar refractivity (Wildman–Crippen MR) is 141 cm³/mol. The number of carbonyl (C=O) groups is 2. The fourth-order valence-corrected chi connectivity index (χ4v) is 4.75. The first kappa shape index (κ1) is 25.4. The minimum Gasteiger partial charge on any atom is -0.507 e. The largest absolute Gasteiger partial charge is 0.507 e. The van der Waals surface area contributed by atoms with E-state index in [1.807, 2.05) is 24.0 Å². The van der Waals surface area contributed by atoms with E-state index in [4.69, 9.17) is 5.73 Å². The van der Waals surface area contributed by atoms with Gasteiger partial charge in [-0.25, -0.2) is 4.99 Å². The number of aliphatic hydroxyl groups excluding tert-OH is 1. The first-order valence-electron chi connectivity index (χ1n) is 12.6. The summed E-state index contributed by atoms with van der Waals surface area (Å²) in [4.78, 5) is 34.0. The minimum absolute atomic E-state index is 0.0169. The lowest BCUT2D eigenvalue weighted by Gasteiger charge is -2.23. The number of likely N-dealkylation sites (tertiary alicyclic amines) is 1. The van der Waals surface area contributed by atoms with Gasteiger partial charge in [0.05, 0.1) is 5.69 Å². The van der Waals surface area contributed by atoms with Gasteiger partial charge in [-0.15, -0.1) is 0 Å². The number of nitrogens with two attached hydrogens (primary N) is 1. The number of hydrogen-bond acceptors (Lipinski definition) is 6. The number of aliphatic imine (C=N–C) groups is 1. The number of nitrogens with zero attached hydrogens (tertiary/aromatic N) is 3. The molecular weight excluding hydrogens is 456 g/mol. The summed E-state index contributed by atoms with van der Waals surface area (Å²) in [5.41, 5.74) is 9.82. The normalized spacial score (nSPS) is 15.1. The smallest absolute Gasteiger partial charge is 0.253 e. The van der Waals surface area contributed by atoms with Crippen LogP contribution in [-0.2, 0) is 4.79 Å². The zero-order valence-corrected chi connectivity index (χ0v) is 20.7. The molecule has 0 atom stereocenters.